The van der Waals surface area contributed by atoms with E-state index in [0.717, 1.165) is 5.56 Å². The molecule has 0 aliphatic carbocycles. The predicted molar refractivity (Wildman–Crippen MR) is 89.9 cm³/mol. The molecule has 2 heterocycles. The van der Waals surface area contributed by atoms with E-state index in [9.17, 15) is 18.0 Å². The van der Waals surface area contributed by atoms with Crippen molar-refractivity contribution in [3.05, 3.63) is 47.8 Å². The molecule has 10 heteroatoms. The molecule has 1 aromatic heterocycles. The predicted octanol–water partition coefficient (Wildman–Crippen LogP) is 2.79. The molecule has 0 atom stereocenters. The van der Waals surface area contributed by atoms with Crippen molar-refractivity contribution in [3.63, 3.8) is 0 Å². The molecule has 28 heavy (non-hydrogen) atoms. The normalized spacial score (nSPS) is 16.1. The largest absolute Gasteiger partial charge is 0.488 e. The minimum absolute atomic E-state index is 0.148. The summed E-state index contributed by atoms with van der Waals surface area (Å²) in [4.78, 5) is 11.7. The highest BCUT2D eigenvalue weighted by Crippen LogP contribution is 2.38. The van der Waals surface area contributed by atoms with E-state index in [1.807, 2.05) is 0 Å². The first kappa shape index (κ1) is 20.2. The van der Waals surface area contributed by atoms with Gasteiger partial charge in [0.2, 0.25) is 0 Å². The van der Waals surface area contributed by atoms with Crippen molar-refractivity contribution in [1.29, 1.82) is 0 Å². The number of rotatable bonds is 7. The summed E-state index contributed by atoms with van der Waals surface area (Å²) in [5.74, 6) is -2.99. The second-order valence-corrected chi connectivity index (χ2v) is 6.03. The number of carbonyl (C=O) groups excluding carboxylic acids is 1. The van der Waals surface area contributed by atoms with Gasteiger partial charge in [0.1, 0.15) is 5.75 Å². The van der Waals surface area contributed by atoms with Crippen LogP contribution in [0.5, 0.6) is 5.75 Å². The summed E-state index contributed by atoms with van der Waals surface area (Å²) in [7, 11) is 0. The average molecular weight is 400 g/mol. The number of halogens is 3. The van der Waals surface area contributed by atoms with Crippen LogP contribution in [0.4, 0.5) is 13.2 Å². The molecule has 1 aliphatic heterocycles. The molecule has 0 radical (unpaired) electrons. The van der Waals surface area contributed by atoms with Gasteiger partial charge in [-0.2, -0.15) is 18.3 Å². The van der Waals surface area contributed by atoms with Crippen molar-refractivity contribution < 1.29 is 36.9 Å². The molecule has 1 fully saturated rings. The number of hydrogen-bond donors (Lipinski definition) is 0. The summed E-state index contributed by atoms with van der Waals surface area (Å²) in [6.07, 6.45) is -1.79. The zero-order valence-electron chi connectivity index (χ0n) is 15.1. The molecule has 2 aromatic rings. The summed E-state index contributed by atoms with van der Waals surface area (Å²) in [5.41, 5.74) is 1.04. The number of carbonyl (C=O) groups is 1. The smallest absolute Gasteiger partial charge is 0.447 e. The molecule has 1 aromatic carbocycles. The zero-order chi connectivity index (χ0) is 20.2. The Kier molecular flexibility index (Phi) is 5.90. The number of hydrogen-bond acceptors (Lipinski definition) is 6. The van der Waals surface area contributed by atoms with Gasteiger partial charge >= 0.3 is 17.9 Å². The van der Waals surface area contributed by atoms with Crippen LogP contribution < -0.4 is 4.74 Å². The van der Waals surface area contributed by atoms with Gasteiger partial charge in [-0.25, -0.2) is 4.79 Å². The third kappa shape index (κ3) is 4.45. The van der Waals surface area contributed by atoms with E-state index >= 15 is 0 Å². The van der Waals surface area contributed by atoms with Crippen LogP contribution in [-0.4, -0.2) is 54.1 Å². The van der Waals surface area contributed by atoms with Gasteiger partial charge in [0.25, 0.3) is 0 Å². The van der Waals surface area contributed by atoms with Crippen molar-refractivity contribution in [2.45, 2.75) is 25.4 Å². The highest BCUT2D eigenvalue weighted by Gasteiger charge is 2.61. The topological polar surface area (TPSA) is 71.8 Å². The van der Waals surface area contributed by atoms with Crippen LogP contribution in [-0.2, 0) is 20.8 Å². The van der Waals surface area contributed by atoms with Crippen molar-refractivity contribution in [1.82, 2.24) is 9.78 Å². The lowest BCUT2D eigenvalue weighted by Crippen LogP contribution is -2.51. The molecule has 7 nitrogen and oxygen atoms in total. The van der Waals surface area contributed by atoms with E-state index in [-0.39, 0.29) is 25.6 Å². The molecule has 152 valence electrons. The Morgan fingerprint density at radius 1 is 1.32 bits per heavy atom. The SMILES string of the molecule is CCOC(=O)c1cnn(Cc2cccc(OCC3(C(F)(F)F)OCCO3)c2)c1. The lowest BCUT2D eigenvalue weighted by Gasteiger charge is -2.29. The number of benzene rings is 1. The van der Waals surface area contributed by atoms with Crippen LogP contribution in [0.2, 0.25) is 0 Å². The summed E-state index contributed by atoms with van der Waals surface area (Å²) in [6.45, 7) is 1.16. The monoisotopic (exact) mass is 400 g/mol. The Morgan fingerprint density at radius 2 is 2.07 bits per heavy atom. The summed E-state index contributed by atoms with van der Waals surface area (Å²) in [5, 5.41) is 4.08. The van der Waals surface area contributed by atoms with Crippen LogP contribution in [0.1, 0.15) is 22.8 Å². The molecule has 0 saturated carbocycles. The maximum Gasteiger partial charge on any atom is 0.447 e. The first-order chi connectivity index (χ1) is 13.3. The van der Waals surface area contributed by atoms with Gasteiger partial charge in [-0.15, -0.1) is 0 Å². The number of alkyl halides is 3. The first-order valence-corrected chi connectivity index (χ1v) is 8.59. The van der Waals surface area contributed by atoms with Crippen LogP contribution in [0.3, 0.4) is 0 Å². The molecule has 1 saturated heterocycles. The molecule has 0 N–H and O–H groups in total. The molecule has 0 amide bonds. The van der Waals surface area contributed by atoms with Gasteiger partial charge in [-0.1, -0.05) is 12.1 Å². The number of nitrogens with zero attached hydrogens (tertiary/aromatic N) is 2. The summed E-state index contributed by atoms with van der Waals surface area (Å²) in [6, 6.07) is 6.54. The van der Waals surface area contributed by atoms with Gasteiger partial charge in [-0.05, 0) is 24.6 Å². The van der Waals surface area contributed by atoms with Crippen molar-refractivity contribution in [3.8, 4) is 5.75 Å². The maximum atomic E-state index is 13.2. The Hall–Kier alpha value is -2.59. The van der Waals surface area contributed by atoms with E-state index in [2.05, 4.69) is 5.10 Å². The van der Waals surface area contributed by atoms with Gasteiger partial charge in [0, 0.05) is 6.20 Å². The van der Waals surface area contributed by atoms with Gasteiger partial charge in [-0.3, -0.25) is 4.68 Å². The minimum Gasteiger partial charge on any atom is -0.488 e. The van der Waals surface area contributed by atoms with Gasteiger partial charge < -0.3 is 18.9 Å². The highest BCUT2D eigenvalue weighted by atomic mass is 19.4. The van der Waals surface area contributed by atoms with E-state index < -0.39 is 24.5 Å². The molecular weight excluding hydrogens is 381 g/mol. The molecular formula is C18H19F3N2O5. The van der Waals surface area contributed by atoms with E-state index in [1.165, 1.54) is 23.1 Å². The fourth-order valence-corrected chi connectivity index (χ4v) is 2.65. The molecule has 0 spiro atoms. The van der Waals surface area contributed by atoms with Crippen LogP contribution in [0.25, 0.3) is 0 Å². The zero-order valence-corrected chi connectivity index (χ0v) is 15.1. The first-order valence-electron chi connectivity index (χ1n) is 8.59. The minimum atomic E-state index is -4.71. The van der Waals surface area contributed by atoms with Crippen LogP contribution in [0.15, 0.2) is 36.7 Å². The lowest BCUT2D eigenvalue weighted by molar-refractivity contribution is -0.350. The Morgan fingerprint density at radius 3 is 2.75 bits per heavy atom. The van der Waals surface area contributed by atoms with Crippen molar-refractivity contribution in [2.75, 3.05) is 26.4 Å². The summed E-state index contributed by atoms with van der Waals surface area (Å²) < 4.78 is 60.9. The Bertz CT molecular complexity index is 816. The second kappa shape index (κ2) is 8.19. The van der Waals surface area contributed by atoms with Crippen LogP contribution in [0, 0.1) is 0 Å². The summed E-state index contributed by atoms with van der Waals surface area (Å²) >= 11 is 0. The van der Waals surface area contributed by atoms with Gasteiger partial charge in [0.05, 0.1) is 38.1 Å². The number of esters is 1. The molecule has 0 bridgehead atoms. The van der Waals surface area contributed by atoms with E-state index in [0.29, 0.717) is 12.1 Å². The standard InChI is InChI=1S/C18H19F3N2O5/c1-2-25-16(24)14-9-22-23(11-14)10-13-4-3-5-15(8-13)26-12-17(18(19,20)21)27-6-7-28-17/h3-5,8-9,11H,2,6-7,10,12H2,1H3. The van der Waals surface area contributed by atoms with Gasteiger partial charge in [0.15, 0.2) is 6.61 Å². The highest BCUT2D eigenvalue weighted by molar-refractivity contribution is 5.88. The number of ether oxygens (including phenoxy) is 4. The van der Waals surface area contributed by atoms with Crippen LogP contribution >= 0.6 is 0 Å². The fraction of sp³-hybridized carbons (Fsp3) is 0.444. The van der Waals surface area contributed by atoms with Crippen molar-refractivity contribution >= 4 is 5.97 Å². The third-order valence-corrected chi connectivity index (χ3v) is 4.00. The number of aromatic nitrogens is 2. The van der Waals surface area contributed by atoms with E-state index in [1.54, 1.807) is 25.1 Å². The van der Waals surface area contributed by atoms with Crippen molar-refractivity contribution in [2.24, 2.45) is 0 Å². The second-order valence-electron chi connectivity index (χ2n) is 6.03. The molecule has 0 unspecified atom stereocenters. The Balaban J connectivity index is 1.65. The fourth-order valence-electron chi connectivity index (χ4n) is 2.65. The van der Waals surface area contributed by atoms with E-state index in [4.69, 9.17) is 18.9 Å². The average Bonchev–Trinajstić information content (AvgIpc) is 3.30. The quantitative estimate of drug-likeness (QED) is 0.666. The lowest BCUT2D eigenvalue weighted by atomic mass is 10.2. The maximum absolute atomic E-state index is 13.2. The Labute approximate surface area is 158 Å². The third-order valence-electron chi connectivity index (χ3n) is 4.00. The molecule has 3 rings (SSSR count). The molecule has 1 aliphatic rings.